The molecule has 0 saturated carbocycles. The maximum absolute atomic E-state index is 9.67. The van der Waals surface area contributed by atoms with Crippen LogP contribution in [0.1, 0.15) is 0 Å². The molecule has 114 valence electrons. The molecule has 24 heavy (non-hydrogen) atoms. The van der Waals surface area contributed by atoms with Crippen molar-refractivity contribution in [3.8, 4) is 22.6 Å². The van der Waals surface area contributed by atoms with Crippen molar-refractivity contribution in [3.63, 3.8) is 0 Å². The summed E-state index contributed by atoms with van der Waals surface area (Å²) in [4.78, 5) is 0. The van der Waals surface area contributed by atoms with Gasteiger partial charge in [-0.25, -0.2) is 0 Å². The van der Waals surface area contributed by atoms with Gasteiger partial charge in [-0.05, 0) is 27.8 Å². The summed E-state index contributed by atoms with van der Waals surface area (Å²) in [6.07, 6.45) is 0. The lowest BCUT2D eigenvalue weighted by atomic mass is 9.77. The minimum absolute atomic E-state index is 0.378. The Balaban J connectivity index is 1.95. The third kappa shape index (κ3) is 1.75. The van der Waals surface area contributed by atoms with Gasteiger partial charge in [-0.2, -0.15) is 0 Å². The Morgan fingerprint density at radius 2 is 1.50 bits per heavy atom. The lowest BCUT2D eigenvalue weighted by Gasteiger charge is -2.24. The Bertz CT molecular complexity index is 1120. The molecule has 0 atom stereocenters. The SMILES string of the molecule is OB(O)c1cccc2c1Oc1cc3ccccc3c3cccc-2c13. The molecular formula is C20H13BO3. The van der Waals surface area contributed by atoms with Gasteiger partial charge in [-0.1, -0.05) is 60.7 Å². The Morgan fingerprint density at radius 1 is 0.750 bits per heavy atom. The summed E-state index contributed by atoms with van der Waals surface area (Å²) >= 11 is 0. The molecule has 2 N–H and O–H groups in total. The molecule has 4 heteroatoms. The standard InChI is InChI=1S/C20H13BO3/c22-21(23)17-10-4-9-16-15-8-3-7-14-13-6-2-1-5-12(13)11-18(19(14)15)24-20(16)17/h1-11,22-23H. The molecule has 0 fully saturated rings. The maximum atomic E-state index is 9.67. The third-order valence-corrected chi connectivity index (χ3v) is 4.67. The van der Waals surface area contributed by atoms with Gasteiger partial charge in [0.05, 0.1) is 0 Å². The number of benzene rings is 4. The molecule has 1 aliphatic heterocycles. The largest absolute Gasteiger partial charge is 0.492 e. The normalized spacial score (nSPS) is 12.1. The highest BCUT2D eigenvalue weighted by atomic mass is 16.5. The van der Waals surface area contributed by atoms with Gasteiger partial charge in [0.25, 0.3) is 0 Å². The van der Waals surface area contributed by atoms with E-state index in [1.807, 2.05) is 36.4 Å². The molecule has 0 spiro atoms. The Morgan fingerprint density at radius 3 is 2.38 bits per heavy atom. The fraction of sp³-hybridized carbons (Fsp3) is 0. The molecule has 4 aromatic carbocycles. The fourth-order valence-corrected chi connectivity index (χ4v) is 3.62. The van der Waals surface area contributed by atoms with E-state index in [4.69, 9.17) is 4.74 Å². The summed E-state index contributed by atoms with van der Waals surface area (Å²) in [5, 5.41) is 23.8. The molecule has 5 rings (SSSR count). The van der Waals surface area contributed by atoms with Crippen LogP contribution in [0.15, 0.2) is 66.7 Å². The Labute approximate surface area is 138 Å². The average Bonchev–Trinajstić information content (AvgIpc) is 2.61. The van der Waals surface area contributed by atoms with Crippen LogP contribution in [0, 0.1) is 0 Å². The first kappa shape index (κ1) is 13.6. The van der Waals surface area contributed by atoms with E-state index in [-0.39, 0.29) is 0 Å². The summed E-state index contributed by atoms with van der Waals surface area (Å²) < 4.78 is 6.13. The number of rotatable bonds is 1. The monoisotopic (exact) mass is 312 g/mol. The van der Waals surface area contributed by atoms with E-state index >= 15 is 0 Å². The van der Waals surface area contributed by atoms with Gasteiger partial charge in [0.15, 0.2) is 0 Å². The lowest BCUT2D eigenvalue weighted by molar-refractivity contribution is 0.421. The van der Waals surface area contributed by atoms with Crippen LogP contribution in [-0.2, 0) is 0 Å². The van der Waals surface area contributed by atoms with Crippen molar-refractivity contribution >= 4 is 34.1 Å². The van der Waals surface area contributed by atoms with Crippen LogP contribution < -0.4 is 10.2 Å². The first-order valence-electron chi connectivity index (χ1n) is 7.86. The first-order chi connectivity index (χ1) is 11.7. The molecule has 0 unspecified atom stereocenters. The van der Waals surface area contributed by atoms with Crippen molar-refractivity contribution in [2.24, 2.45) is 0 Å². The molecule has 0 amide bonds. The highest BCUT2D eigenvalue weighted by Gasteiger charge is 2.27. The van der Waals surface area contributed by atoms with Gasteiger partial charge in [-0.3, -0.25) is 0 Å². The summed E-state index contributed by atoms with van der Waals surface area (Å²) in [5.41, 5.74) is 2.31. The molecular weight excluding hydrogens is 299 g/mol. The van der Waals surface area contributed by atoms with E-state index < -0.39 is 7.12 Å². The van der Waals surface area contributed by atoms with E-state index in [9.17, 15) is 10.0 Å². The molecule has 0 saturated heterocycles. The van der Waals surface area contributed by atoms with Gasteiger partial charge in [0.2, 0.25) is 0 Å². The first-order valence-corrected chi connectivity index (χ1v) is 7.86. The molecule has 0 radical (unpaired) electrons. The quantitative estimate of drug-likeness (QED) is 0.368. The second-order valence-electron chi connectivity index (χ2n) is 6.02. The van der Waals surface area contributed by atoms with Crippen molar-refractivity contribution in [1.29, 1.82) is 0 Å². The van der Waals surface area contributed by atoms with Crippen LogP contribution in [0.4, 0.5) is 0 Å². The molecule has 1 aliphatic rings. The highest BCUT2D eigenvalue weighted by Crippen LogP contribution is 2.47. The third-order valence-electron chi connectivity index (χ3n) is 4.67. The average molecular weight is 312 g/mol. The zero-order chi connectivity index (χ0) is 16.3. The van der Waals surface area contributed by atoms with Crippen LogP contribution in [0.25, 0.3) is 32.7 Å². The van der Waals surface area contributed by atoms with Gasteiger partial charge in [0.1, 0.15) is 11.5 Å². The smallest absolute Gasteiger partial charge is 0.456 e. The lowest BCUT2D eigenvalue weighted by Crippen LogP contribution is -2.31. The van der Waals surface area contributed by atoms with Crippen LogP contribution in [0.2, 0.25) is 0 Å². The van der Waals surface area contributed by atoms with E-state index in [1.54, 1.807) is 6.07 Å². The second-order valence-corrected chi connectivity index (χ2v) is 6.02. The Kier molecular flexibility index (Phi) is 2.74. The van der Waals surface area contributed by atoms with Crippen LogP contribution >= 0.6 is 0 Å². The number of ether oxygens (including phenoxy) is 1. The van der Waals surface area contributed by atoms with Gasteiger partial charge in [0, 0.05) is 16.4 Å². The zero-order valence-corrected chi connectivity index (χ0v) is 12.7. The van der Waals surface area contributed by atoms with E-state index in [0.717, 1.165) is 33.0 Å². The number of fused-ring (bicyclic) bond motifs is 4. The van der Waals surface area contributed by atoms with Gasteiger partial charge >= 0.3 is 7.12 Å². The Hall–Kier alpha value is -2.82. The minimum atomic E-state index is -1.57. The maximum Gasteiger partial charge on any atom is 0.492 e. The molecule has 0 bridgehead atoms. The van der Waals surface area contributed by atoms with E-state index in [2.05, 4.69) is 24.3 Å². The fourth-order valence-electron chi connectivity index (χ4n) is 3.62. The van der Waals surface area contributed by atoms with Crippen molar-refractivity contribution in [2.75, 3.05) is 0 Å². The molecule has 0 aromatic heterocycles. The number of hydrogen-bond acceptors (Lipinski definition) is 3. The highest BCUT2D eigenvalue weighted by molar-refractivity contribution is 6.60. The van der Waals surface area contributed by atoms with Crippen molar-refractivity contribution < 1.29 is 14.8 Å². The van der Waals surface area contributed by atoms with Gasteiger partial charge < -0.3 is 14.8 Å². The zero-order valence-electron chi connectivity index (χ0n) is 12.7. The van der Waals surface area contributed by atoms with Crippen LogP contribution in [0.5, 0.6) is 11.5 Å². The molecule has 3 nitrogen and oxygen atoms in total. The molecule has 1 heterocycles. The summed E-state index contributed by atoms with van der Waals surface area (Å²) in [6, 6.07) is 21.9. The number of para-hydroxylation sites is 1. The predicted octanol–water partition coefficient (Wildman–Crippen LogP) is 3.45. The van der Waals surface area contributed by atoms with E-state index in [0.29, 0.717) is 11.2 Å². The predicted molar refractivity (Wildman–Crippen MR) is 96.8 cm³/mol. The molecule has 0 aliphatic carbocycles. The number of hydrogen-bond donors (Lipinski definition) is 2. The van der Waals surface area contributed by atoms with Crippen molar-refractivity contribution in [2.45, 2.75) is 0 Å². The minimum Gasteiger partial charge on any atom is -0.456 e. The second kappa shape index (κ2) is 4.84. The van der Waals surface area contributed by atoms with Crippen LogP contribution in [0.3, 0.4) is 0 Å². The summed E-state index contributed by atoms with van der Waals surface area (Å²) in [6.45, 7) is 0. The summed E-state index contributed by atoms with van der Waals surface area (Å²) in [7, 11) is -1.57. The summed E-state index contributed by atoms with van der Waals surface area (Å²) in [5.74, 6) is 1.27. The topological polar surface area (TPSA) is 49.7 Å². The van der Waals surface area contributed by atoms with Crippen molar-refractivity contribution in [1.82, 2.24) is 0 Å². The van der Waals surface area contributed by atoms with Gasteiger partial charge in [-0.15, -0.1) is 0 Å². The van der Waals surface area contributed by atoms with Crippen molar-refractivity contribution in [3.05, 3.63) is 66.7 Å². The van der Waals surface area contributed by atoms with E-state index in [1.165, 1.54) is 5.39 Å². The molecule has 4 aromatic rings. The van der Waals surface area contributed by atoms with Crippen LogP contribution in [-0.4, -0.2) is 17.2 Å².